The second-order valence-corrected chi connectivity index (χ2v) is 7.54. The van der Waals surface area contributed by atoms with Crippen LogP contribution in [0.15, 0.2) is 22.7 Å². The molecule has 21 heavy (non-hydrogen) atoms. The summed E-state index contributed by atoms with van der Waals surface area (Å²) in [6.45, 7) is 2.07. The standard InChI is InChI=1S/C17H24BrFN2/c1-11(16-8-12(18)6-7-17(16)19)20-13-9-14-4-3-5-15(10-13)21(14)2/h6-8,11,13-15,20H,3-5,9-10H2,1-2H3. The predicted molar refractivity (Wildman–Crippen MR) is 87.9 cm³/mol. The molecular formula is C17H24BrFN2. The van der Waals surface area contributed by atoms with E-state index >= 15 is 0 Å². The lowest BCUT2D eigenvalue weighted by molar-refractivity contribution is 0.0462. The van der Waals surface area contributed by atoms with Crippen LogP contribution in [-0.4, -0.2) is 30.1 Å². The Morgan fingerprint density at radius 1 is 1.29 bits per heavy atom. The minimum Gasteiger partial charge on any atom is -0.307 e. The van der Waals surface area contributed by atoms with Gasteiger partial charge in [0.25, 0.3) is 0 Å². The molecule has 2 nitrogen and oxygen atoms in total. The highest BCUT2D eigenvalue weighted by molar-refractivity contribution is 9.10. The maximum Gasteiger partial charge on any atom is 0.128 e. The molecule has 1 N–H and O–H groups in total. The largest absolute Gasteiger partial charge is 0.307 e. The summed E-state index contributed by atoms with van der Waals surface area (Å²) >= 11 is 3.44. The number of hydrogen-bond donors (Lipinski definition) is 1. The lowest BCUT2D eigenvalue weighted by Gasteiger charge is -2.47. The number of nitrogens with zero attached hydrogens (tertiary/aromatic N) is 1. The molecule has 3 atom stereocenters. The van der Waals surface area contributed by atoms with Crippen molar-refractivity contribution in [1.82, 2.24) is 10.2 Å². The molecule has 2 fully saturated rings. The highest BCUT2D eigenvalue weighted by Crippen LogP contribution is 2.33. The van der Waals surface area contributed by atoms with Crippen molar-refractivity contribution in [2.75, 3.05) is 7.05 Å². The van der Waals surface area contributed by atoms with E-state index in [-0.39, 0.29) is 11.9 Å². The van der Waals surface area contributed by atoms with E-state index in [1.807, 2.05) is 6.07 Å². The van der Waals surface area contributed by atoms with Crippen LogP contribution in [0.3, 0.4) is 0 Å². The summed E-state index contributed by atoms with van der Waals surface area (Å²) in [6, 6.07) is 7.15. The molecule has 2 aliphatic heterocycles. The van der Waals surface area contributed by atoms with Crippen LogP contribution in [0.1, 0.15) is 50.6 Å². The molecule has 0 radical (unpaired) electrons. The van der Waals surface area contributed by atoms with Crippen molar-refractivity contribution in [3.63, 3.8) is 0 Å². The fourth-order valence-electron chi connectivity index (χ4n) is 4.04. The van der Waals surface area contributed by atoms with E-state index in [9.17, 15) is 4.39 Å². The Balaban J connectivity index is 1.68. The van der Waals surface area contributed by atoms with E-state index in [4.69, 9.17) is 0 Å². The van der Waals surface area contributed by atoms with E-state index < -0.39 is 0 Å². The molecule has 116 valence electrons. The van der Waals surface area contributed by atoms with Crippen LogP contribution in [0.4, 0.5) is 4.39 Å². The first-order valence-electron chi connectivity index (χ1n) is 7.97. The van der Waals surface area contributed by atoms with Gasteiger partial charge in [-0.05, 0) is 57.9 Å². The van der Waals surface area contributed by atoms with Crippen LogP contribution in [0.2, 0.25) is 0 Å². The van der Waals surface area contributed by atoms with E-state index in [0.717, 1.165) is 10.0 Å². The van der Waals surface area contributed by atoms with Crippen molar-refractivity contribution >= 4 is 15.9 Å². The van der Waals surface area contributed by atoms with Crippen LogP contribution in [0.25, 0.3) is 0 Å². The van der Waals surface area contributed by atoms with E-state index in [2.05, 4.69) is 40.1 Å². The summed E-state index contributed by atoms with van der Waals surface area (Å²) in [5.74, 6) is -0.119. The summed E-state index contributed by atoms with van der Waals surface area (Å²) in [7, 11) is 2.27. The minimum atomic E-state index is -0.119. The van der Waals surface area contributed by atoms with Crippen LogP contribution >= 0.6 is 15.9 Å². The molecule has 3 rings (SSSR count). The molecule has 4 heteroatoms. The third-order valence-electron chi connectivity index (χ3n) is 5.25. The Labute approximate surface area is 135 Å². The van der Waals surface area contributed by atoms with E-state index in [1.165, 1.54) is 32.1 Å². The van der Waals surface area contributed by atoms with Gasteiger partial charge in [-0.2, -0.15) is 0 Å². The molecule has 2 bridgehead atoms. The molecule has 0 saturated carbocycles. The maximum absolute atomic E-state index is 14.0. The predicted octanol–water partition coefficient (Wildman–Crippen LogP) is 4.25. The molecular weight excluding hydrogens is 331 g/mol. The van der Waals surface area contributed by atoms with Crippen molar-refractivity contribution < 1.29 is 4.39 Å². The molecule has 1 aromatic rings. The lowest BCUT2D eigenvalue weighted by Crippen LogP contribution is -2.54. The molecule has 2 aliphatic rings. The average molecular weight is 355 g/mol. The summed E-state index contributed by atoms with van der Waals surface area (Å²) in [5, 5.41) is 3.66. The smallest absolute Gasteiger partial charge is 0.128 e. The molecule has 0 spiro atoms. The number of nitrogens with one attached hydrogen (secondary N) is 1. The average Bonchev–Trinajstić information content (AvgIpc) is 2.42. The topological polar surface area (TPSA) is 15.3 Å². The van der Waals surface area contributed by atoms with Crippen molar-refractivity contribution in [2.24, 2.45) is 0 Å². The molecule has 0 aliphatic carbocycles. The van der Waals surface area contributed by atoms with Gasteiger partial charge in [-0.25, -0.2) is 4.39 Å². The van der Waals surface area contributed by atoms with Gasteiger partial charge in [0, 0.05) is 34.2 Å². The zero-order valence-electron chi connectivity index (χ0n) is 12.8. The summed E-state index contributed by atoms with van der Waals surface area (Å²) in [6.07, 6.45) is 6.36. The Morgan fingerprint density at radius 3 is 2.62 bits per heavy atom. The normalized spacial score (nSPS) is 31.1. The molecule has 0 aromatic heterocycles. The lowest BCUT2D eigenvalue weighted by atomic mass is 9.82. The minimum absolute atomic E-state index is 0.0524. The van der Waals surface area contributed by atoms with Crippen molar-refractivity contribution in [3.8, 4) is 0 Å². The van der Waals surface area contributed by atoms with Gasteiger partial charge in [-0.3, -0.25) is 0 Å². The second-order valence-electron chi connectivity index (χ2n) is 6.63. The zero-order valence-corrected chi connectivity index (χ0v) is 14.4. The van der Waals surface area contributed by atoms with Gasteiger partial charge in [0.1, 0.15) is 5.82 Å². The first-order chi connectivity index (χ1) is 10.0. The third kappa shape index (κ3) is 3.33. The van der Waals surface area contributed by atoms with Crippen LogP contribution in [0.5, 0.6) is 0 Å². The third-order valence-corrected chi connectivity index (χ3v) is 5.74. The van der Waals surface area contributed by atoms with E-state index in [0.29, 0.717) is 18.1 Å². The van der Waals surface area contributed by atoms with E-state index in [1.54, 1.807) is 12.1 Å². The molecule has 2 saturated heterocycles. The Hall–Kier alpha value is -0.450. The fourth-order valence-corrected chi connectivity index (χ4v) is 4.42. The maximum atomic E-state index is 14.0. The Morgan fingerprint density at radius 2 is 1.95 bits per heavy atom. The van der Waals surface area contributed by atoms with Gasteiger partial charge in [-0.15, -0.1) is 0 Å². The summed E-state index contributed by atoms with van der Waals surface area (Å²) in [4.78, 5) is 2.56. The molecule has 1 aromatic carbocycles. The number of piperidine rings is 2. The van der Waals surface area contributed by atoms with Gasteiger partial charge in [0.15, 0.2) is 0 Å². The van der Waals surface area contributed by atoms with Gasteiger partial charge < -0.3 is 10.2 Å². The zero-order chi connectivity index (χ0) is 15.0. The monoisotopic (exact) mass is 354 g/mol. The number of halogens is 2. The molecule has 3 unspecified atom stereocenters. The van der Waals surface area contributed by atoms with Crippen LogP contribution in [0, 0.1) is 5.82 Å². The Kier molecular flexibility index (Phi) is 4.67. The van der Waals surface area contributed by atoms with Gasteiger partial charge >= 0.3 is 0 Å². The fraction of sp³-hybridized carbons (Fsp3) is 0.647. The second kappa shape index (κ2) is 6.35. The quantitative estimate of drug-likeness (QED) is 0.872. The van der Waals surface area contributed by atoms with Crippen molar-refractivity contribution in [3.05, 3.63) is 34.1 Å². The summed E-state index contributed by atoms with van der Waals surface area (Å²) < 4.78 is 14.9. The van der Waals surface area contributed by atoms with Gasteiger partial charge in [0.05, 0.1) is 0 Å². The van der Waals surface area contributed by atoms with Crippen molar-refractivity contribution in [1.29, 1.82) is 0 Å². The summed E-state index contributed by atoms with van der Waals surface area (Å²) in [5.41, 5.74) is 0.758. The number of benzene rings is 1. The first-order valence-corrected chi connectivity index (χ1v) is 8.77. The van der Waals surface area contributed by atoms with Crippen LogP contribution in [-0.2, 0) is 0 Å². The van der Waals surface area contributed by atoms with Crippen LogP contribution < -0.4 is 5.32 Å². The first kappa shape index (κ1) is 15.4. The Bertz CT molecular complexity index is 494. The SMILES string of the molecule is CC(NC1CC2CCCC(C1)N2C)c1cc(Br)ccc1F. The van der Waals surface area contributed by atoms with Crippen molar-refractivity contribution in [2.45, 2.75) is 63.2 Å². The molecule has 0 amide bonds. The molecule has 2 heterocycles. The highest BCUT2D eigenvalue weighted by atomic mass is 79.9. The number of rotatable bonds is 3. The van der Waals surface area contributed by atoms with Gasteiger partial charge in [-0.1, -0.05) is 22.4 Å². The number of hydrogen-bond acceptors (Lipinski definition) is 2. The number of fused-ring (bicyclic) bond motifs is 2. The highest BCUT2D eigenvalue weighted by Gasteiger charge is 2.36. The van der Waals surface area contributed by atoms with Gasteiger partial charge in [0.2, 0.25) is 0 Å².